The molecule has 0 aromatic carbocycles. The predicted molar refractivity (Wildman–Crippen MR) is 103 cm³/mol. The van der Waals surface area contributed by atoms with Crippen molar-refractivity contribution < 1.29 is 9.53 Å². The highest BCUT2D eigenvalue weighted by molar-refractivity contribution is 5.78. The molecule has 0 heterocycles. The molecule has 0 aliphatic heterocycles. The SMILES string of the molecule is CCC(C)CC(C)(C(=O)OC1(C)C2CC3CC(C2)CC1C3)C(C)(C)C. The summed E-state index contributed by atoms with van der Waals surface area (Å²) >= 11 is 0. The highest BCUT2D eigenvalue weighted by Gasteiger charge is 2.58. The van der Waals surface area contributed by atoms with Gasteiger partial charge in [0.1, 0.15) is 5.60 Å². The van der Waals surface area contributed by atoms with Crippen LogP contribution in [0.4, 0.5) is 0 Å². The van der Waals surface area contributed by atoms with E-state index in [0.29, 0.717) is 17.8 Å². The van der Waals surface area contributed by atoms with E-state index in [0.717, 1.165) is 24.7 Å². The van der Waals surface area contributed by atoms with Crippen molar-refractivity contribution in [2.45, 2.75) is 99.0 Å². The van der Waals surface area contributed by atoms with Crippen LogP contribution in [0.25, 0.3) is 0 Å². The van der Waals surface area contributed by atoms with Gasteiger partial charge in [0, 0.05) is 0 Å². The van der Waals surface area contributed by atoms with E-state index in [1.807, 2.05) is 0 Å². The van der Waals surface area contributed by atoms with Gasteiger partial charge in [-0.3, -0.25) is 4.79 Å². The van der Waals surface area contributed by atoms with E-state index in [1.165, 1.54) is 32.1 Å². The van der Waals surface area contributed by atoms with Crippen LogP contribution in [-0.4, -0.2) is 11.6 Å². The number of hydrogen-bond acceptors (Lipinski definition) is 2. The Morgan fingerprint density at radius 3 is 1.92 bits per heavy atom. The van der Waals surface area contributed by atoms with Crippen LogP contribution in [0.2, 0.25) is 0 Å². The molecular weight excluding hydrogens is 308 g/mol. The Hall–Kier alpha value is -0.530. The Morgan fingerprint density at radius 1 is 1.04 bits per heavy atom. The van der Waals surface area contributed by atoms with Crippen LogP contribution in [0.15, 0.2) is 0 Å². The number of carbonyl (C=O) groups is 1. The molecule has 0 amide bonds. The van der Waals surface area contributed by atoms with Gasteiger partial charge in [-0.15, -0.1) is 0 Å². The molecule has 2 atom stereocenters. The molecule has 4 bridgehead atoms. The lowest BCUT2D eigenvalue weighted by Crippen LogP contribution is -2.59. The maximum Gasteiger partial charge on any atom is 0.312 e. The Bertz CT molecular complexity index is 487. The van der Waals surface area contributed by atoms with Crippen molar-refractivity contribution in [3.63, 3.8) is 0 Å². The van der Waals surface area contributed by atoms with Gasteiger partial charge in [0.05, 0.1) is 5.41 Å². The Morgan fingerprint density at radius 2 is 1.52 bits per heavy atom. The third kappa shape index (κ3) is 3.16. The van der Waals surface area contributed by atoms with Gasteiger partial charge in [0.15, 0.2) is 0 Å². The maximum absolute atomic E-state index is 13.5. The molecule has 4 aliphatic rings. The molecular formula is C23H40O2. The number of esters is 1. The van der Waals surface area contributed by atoms with Gasteiger partial charge in [-0.2, -0.15) is 0 Å². The average molecular weight is 349 g/mol. The third-order valence-electron chi connectivity index (χ3n) is 8.63. The summed E-state index contributed by atoms with van der Waals surface area (Å²) in [6.45, 7) is 15.5. The number of ether oxygens (including phenoxy) is 1. The molecule has 4 fully saturated rings. The normalized spacial score (nSPS) is 40.6. The molecule has 4 rings (SSSR count). The molecule has 25 heavy (non-hydrogen) atoms. The summed E-state index contributed by atoms with van der Waals surface area (Å²) in [5.41, 5.74) is -0.720. The minimum atomic E-state index is -0.417. The van der Waals surface area contributed by atoms with E-state index in [1.54, 1.807) is 0 Å². The zero-order valence-electron chi connectivity index (χ0n) is 17.7. The van der Waals surface area contributed by atoms with Gasteiger partial charge in [0.25, 0.3) is 0 Å². The van der Waals surface area contributed by atoms with Crippen molar-refractivity contribution in [3.8, 4) is 0 Å². The first-order valence-corrected chi connectivity index (χ1v) is 10.7. The van der Waals surface area contributed by atoms with E-state index in [4.69, 9.17) is 4.74 Å². The Labute approximate surface area is 155 Å². The minimum Gasteiger partial charge on any atom is -0.458 e. The van der Waals surface area contributed by atoms with Crippen molar-refractivity contribution >= 4 is 5.97 Å². The lowest BCUT2D eigenvalue weighted by atomic mass is 9.50. The summed E-state index contributed by atoms with van der Waals surface area (Å²) in [4.78, 5) is 13.5. The molecule has 4 aliphatic carbocycles. The number of carbonyl (C=O) groups excluding carboxylic acids is 1. The summed E-state index contributed by atoms with van der Waals surface area (Å²) in [5, 5.41) is 0. The fourth-order valence-electron chi connectivity index (χ4n) is 6.14. The second-order valence-corrected chi connectivity index (χ2v) is 11.2. The van der Waals surface area contributed by atoms with Gasteiger partial charge in [-0.25, -0.2) is 0 Å². The van der Waals surface area contributed by atoms with E-state index in [9.17, 15) is 4.79 Å². The summed E-state index contributed by atoms with van der Waals surface area (Å²) in [7, 11) is 0. The van der Waals surface area contributed by atoms with Crippen LogP contribution in [-0.2, 0) is 9.53 Å². The van der Waals surface area contributed by atoms with Crippen LogP contribution < -0.4 is 0 Å². The first-order chi connectivity index (χ1) is 11.5. The van der Waals surface area contributed by atoms with Crippen molar-refractivity contribution in [1.29, 1.82) is 0 Å². The number of rotatable bonds is 5. The average Bonchev–Trinajstić information content (AvgIpc) is 2.50. The molecule has 144 valence electrons. The van der Waals surface area contributed by atoms with E-state index in [2.05, 4.69) is 48.5 Å². The van der Waals surface area contributed by atoms with Gasteiger partial charge in [-0.1, -0.05) is 41.0 Å². The second-order valence-electron chi connectivity index (χ2n) is 11.2. The monoisotopic (exact) mass is 348 g/mol. The minimum absolute atomic E-state index is 0.0651. The molecule has 2 unspecified atom stereocenters. The quantitative estimate of drug-likeness (QED) is 0.550. The Balaban J connectivity index is 1.81. The second kappa shape index (κ2) is 6.27. The molecule has 4 saturated carbocycles. The standard InChI is InChI=1S/C23H40O2/c1-8-15(2)14-22(6,21(3,4)5)20(24)25-23(7)18-10-16-9-17(12-18)13-19(23)11-16/h15-19H,8-14H2,1-7H3. The van der Waals surface area contributed by atoms with Crippen molar-refractivity contribution in [1.82, 2.24) is 0 Å². The molecule has 0 N–H and O–H groups in total. The van der Waals surface area contributed by atoms with Gasteiger partial charge in [0.2, 0.25) is 0 Å². The maximum atomic E-state index is 13.5. The highest BCUT2D eigenvalue weighted by atomic mass is 16.6. The zero-order valence-corrected chi connectivity index (χ0v) is 17.7. The largest absolute Gasteiger partial charge is 0.458 e. The first-order valence-electron chi connectivity index (χ1n) is 10.7. The third-order valence-corrected chi connectivity index (χ3v) is 8.63. The van der Waals surface area contributed by atoms with E-state index < -0.39 is 5.41 Å². The first kappa shape index (κ1) is 19.2. The molecule has 0 aromatic heterocycles. The van der Waals surface area contributed by atoms with Crippen molar-refractivity contribution in [2.24, 2.45) is 40.4 Å². The van der Waals surface area contributed by atoms with Crippen LogP contribution in [0.3, 0.4) is 0 Å². The van der Waals surface area contributed by atoms with Crippen molar-refractivity contribution in [2.75, 3.05) is 0 Å². The molecule has 0 radical (unpaired) electrons. The topological polar surface area (TPSA) is 26.3 Å². The van der Waals surface area contributed by atoms with Crippen LogP contribution in [0.1, 0.15) is 93.4 Å². The molecule has 0 saturated heterocycles. The highest BCUT2D eigenvalue weighted by Crippen LogP contribution is 2.60. The predicted octanol–water partition coefficient (Wildman–Crippen LogP) is 6.23. The summed E-state index contributed by atoms with van der Waals surface area (Å²) in [6.07, 6.45) is 8.61. The summed E-state index contributed by atoms with van der Waals surface area (Å²) in [6, 6.07) is 0. The molecule has 0 aromatic rings. The van der Waals surface area contributed by atoms with Crippen LogP contribution in [0, 0.1) is 40.4 Å². The van der Waals surface area contributed by atoms with E-state index in [-0.39, 0.29) is 17.0 Å². The fraction of sp³-hybridized carbons (Fsp3) is 0.957. The smallest absolute Gasteiger partial charge is 0.312 e. The van der Waals surface area contributed by atoms with Gasteiger partial charge < -0.3 is 4.74 Å². The van der Waals surface area contributed by atoms with Gasteiger partial charge in [-0.05, 0) is 87.4 Å². The van der Waals surface area contributed by atoms with Crippen LogP contribution >= 0.6 is 0 Å². The molecule has 2 nitrogen and oxygen atoms in total. The van der Waals surface area contributed by atoms with E-state index >= 15 is 0 Å². The zero-order chi connectivity index (χ0) is 18.6. The lowest BCUT2D eigenvalue weighted by Gasteiger charge is -2.59. The summed E-state index contributed by atoms with van der Waals surface area (Å²) in [5.74, 6) is 3.62. The molecule has 2 heteroatoms. The fourth-order valence-corrected chi connectivity index (χ4v) is 6.14. The van der Waals surface area contributed by atoms with Crippen LogP contribution in [0.5, 0.6) is 0 Å². The summed E-state index contributed by atoms with van der Waals surface area (Å²) < 4.78 is 6.51. The Kier molecular flexibility index (Phi) is 4.83. The van der Waals surface area contributed by atoms with Crippen molar-refractivity contribution in [3.05, 3.63) is 0 Å². The lowest BCUT2D eigenvalue weighted by molar-refractivity contribution is -0.217. The number of hydrogen-bond donors (Lipinski definition) is 0. The van der Waals surface area contributed by atoms with Gasteiger partial charge >= 0.3 is 5.97 Å². The molecule has 0 spiro atoms.